The van der Waals surface area contributed by atoms with Gasteiger partial charge in [0.2, 0.25) is 11.7 Å². The number of rotatable bonds is 4. The van der Waals surface area contributed by atoms with Crippen LogP contribution >= 0.6 is 11.6 Å². The molecular weight excluding hydrogens is 342 g/mol. The normalized spacial score (nSPS) is 26.5. The number of aromatic nitrogens is 2. The van der Waals surface area contributed by atoms with Crippen LogP contribution in [0.1, 0.15) is 38.0 Å². The number of benzene rings is 1. The van der Waals surface area contributed by atoms with Gasteiger partial charge in [0.1, 0.15) is 6.04 Å². The molecular formula is C18H20ClN3O3. The number of nitrogens with zero attached hydrogens (tertiary/aromatic N) is 3. The molecule has 0 spiro atoms. The van der Waals surface area contributed by atoms with E-state index in [0.29, 0.717) is 35.2 Å². The number of aliphatic carboxylic acids is 1. The topological polar surface area (TPSA) is 79.5 Å². The molecule has 2 aliphatic rings. The van der Waals surface area contributed by atoms with Crippen molar-refractivity contribution in [1.29, 1.82) is 0 Å². The first-order valence-corrected chi connectivity index (χ1v) is 9.06. The van der Waals surface area contributed by atoms with Gasteiger partial charge in [-0.2, -0.15) is 4.98 Å². The molecule has 1 N–H and O–H groups in total. The summed E-state index contributed by atoms with van der Waals surface area (Å²) in [5, 5.41) is 14.3. The molecule has 1 saturated carbocycles. The van der Waals surface area contributed by atoms with Crippen LogP contribution in [0.2, 0.25) is 5.02 Å². The van der Waals surface area contributed by atoms with Crippen LogP contribution in [0.3, 0.4) is 0 Å². The van der Waals surface area contributed by atoms with Crippen LogP contribution in [0.25, 0.3) is 11.4 Å². The predicted molar refractivity (Wildman–Crippen MR) is 92.1 cm³/mol. The molecule has 4 rings (SSSR count). The number of likely N-dealkylation sites (tertiary alicyclic amines) is 1. The van der Waals surface area contributed by atoms with Crippen LogP contribution in [0, 0.1) is 5.92 Å². The quantitative estimate of drug-likeness (QED) is 0.896. The maximum absolute atomic E-state index is 11.7. The van der Waals surface area contributed by atoms with E-state index in [2.05, 4.69) is 10.1 Å². The van der Waals surface area contributed by atoms with Gasteiger partial charge in [0.05, 0.1) is 6.54 Å². The van der Waals surface area contributed by atoms with Crippen LogP contribution in [0.5, 0.6) is 0 Å². The summed E-state index contributed by atoms with van der Waals surface area (Å²) in [4.78, 5) is 18.2. The van der Waals surface area contributed by atoms with Crippen molar-refractivity contribution in [2.75, 3.05) is 0 Å². The third kappa shape index (κ3) is 3.28. The molecule has 2 fully saturated rings. The Balaban J connectivity index is 1.54. The Labute approximate surface area is 150 Å². The van der Waals surface area contributed by atoms with Crippen LogP contribution < -0.4 is 0 Å². The van der Waals surface area contributed by atoms with Gasteiger partial charge in [-0.05, 0) is 49.4 Å². The molecule has 0 bridgehead atoms. The van der Waals surface area contributed by atoms with E-state index in [4.69, 9.17) is 16.1 Å². The van der Waals surface area contributed by atoms with Gasteiger partial charge in [0.15, 0.2) is 0 Å². The monoisotopic (exact) mass is 361 g/mol. The van der Waals surface area contributed by atoms with Gasteiger partial charge < -0.3 is 9.63 Å². The lowest BCUT2D eigenvalue weighted by Crippen LogP contribution is -2.41. The molecule has 1 aliphatic heterocycles. The Hall–Kier alpha value is -1.92. The fourth-order valence-electron chi connectivity index (χ4n) is 4.21. The summed E-state index contributed by atoms with van der Waals surface area (Å²) in [6.07, 6.45) is 5.24. The van der Waals surface area contributed by atoms with Gasteiger partial charge in [-0.1, -0.05) is 29.6 Å². The maximum atomic E-state index is 11.7. The highest BCUT2D eigenvalue weighted by Gasteiger charge is 2.45. The lowest BCUT2D eigenvalue weighted by atomic mass is 9.85. The van der Waals surface area contributed by atoms with Gasteiger partial charge in [0.25, 0.3) is 0 Å². The number of fused-ring (bicyclic) bond motifs is 1. The molecule has 1 saturated heterocycles. The lowest BCUT2D eigenvalue weighted by molar-refractivity contribution is -0.143. The second-order valence-corrected chi connectivity index (χ2v) is 7.33. The first kappa shape index (κ1) is 16.5. The van der Waals surface area contributed by atoms with Crippen molar-refractivity contribution in [3.05, 3.63) is 35.2 Å². The molecule has 25 heavy (non-hydrogen) atoms. The third-order valence-corrected chi connectivity index (χ3v) is 5.65. The number of carboxylic acids is 1. The predicted octanol–water partition coefficient (Wildman–Crippen LogP) is 3.61. The van der Waals surface area contributed by atoms with E-state index in [1.54, 1.807) is 12.1 Å². The molecule has 1 aromatic heterocycles. The minimum atomic E-state index is -0.758. The summed E-state index contributed by atoms with van der Waals surface area (Å²) < 4.78 is 5.39. The lowest BCUT2D eigenvalue weighted by Gasteiger charge is -2.31. The van der Waals surface area contributed by atoms with Crippen molar-refractivity contribution in [3.8, 4) is 11.4 Å². The van der Waals surface area contributed by atoms with Crippen molar-refractivity contribution in [1.82, 2.24) is 15.0 Å². The largest absolute Gasteiger partial charge is 0.480 e. The average Bonchev–Trinajstić information content (AvgIpc) is 3.21. The van der Waals surface area contributed by atoms with Crippen molar-refractivity contribution in [2.24, 2.45) is 5.92 Å². The summed E-state index contributed by atoms with van der Waals surface area (Å²) in [5.74, 6) is 0.667. The highest BCUT2D eigenvalue weighted by molar-refractivity contribution is 6.30. The van der Waals surface area contributed by atoms with Gasteiger partial charge in [-0.15, -0.1) is 0 Å². The van der Waals surface area contributed by atoms with Crippen LogP contribution in [0.15, 0.2) is 28.8 Å². The maximum Gasteiger partial charge on any atom is 0.320 e. The number of hydrogen-bond acceptors (Lipinski definition) is 5. The number of carbonyl (C=O) groups is 1. The molecule has 7 heteroatoms. The van der Waals surface area contributed by atoms with E-state index in [-0.39, 0.29) is 0 Å². The third-order valence-electron chi connectivity index (χ3n) is 5.39. The molecule has 2 heterocycles. The standard InChI is InChI=1S/C18H20ClN3O3/c19-13-7-5-11(6-8-13)17-20-16(25-21-17)10-22-14-4-2-1-3-12(14)9-15(22)18(23)24/h5-8,12,14-15H,1-4,9-10H2,(H,23,24)/t12-,14-,15-/m0/s1. The van der Waals surface area contributed by atoms with Crippen molar-refractivity contribution >= 4 is 17.6 Å². The summed E-state index contributed by atoms with van der Waals surface area (Å²) in [6.45, 7) is 0.388. The Bertz CT molecular complexity index is 761. The molecule has 0 unspecified atom stereocenters. The fraction of sp³-hybridized carbons (Fsp3) is 0.500. The summed E-state index contributed by atoms with van der Waals surface area (Å²) in [6, 6.07) is 7.08. The molecule has 6 nitrogen and oxygen atoms in total. The van der Waals surface area contributed by atoms with E-state index in [9.17, 15) is 9.90 Å². The second kappa shape index (κ2) is 6.77. The number of carboxylic acid groups (broad SMARTS) is 1. The Morgan fingerprint density at radius 1 is 1.28 bits per heavy atom. The number of halogens is 1. The first-order valence-electron chi connectivity index (χ1n) is 8.69. The molecule has 3 atom stereocenters. The minimum Gasteiger partial charge on any atom is -0.480 e. The SMILES string of the molecule is O=C(O)[C@@H]1C[C@@H]2CCCC[C@@H]2N1Cc1nc(-c2ccc(Cl)cc2)no1. The molecule has 1 aromatic carbocycles. The van der Waals surface area contributed by atoms with E-state index in [1.165, 1.54) is 6.42 Å². The van der Waals surface area contributed by atoms with Gasteiger partial charge in [-0.3, -0.25) is 9.69 Å². The highest BCUT2D eigenvalue weighted by Crippen LogP contribution is 2.40. The van der Waals surface area contributed by atoms with Crippen LogP contribution in [0.4, 0.5) is 0 Å². The van der Waals surface area contributed by atoms with Gasteiger partial charge in [-0.25, -0.2) is 0 Å². The Morgan fingerprint density at radius 2 is 2.04 bits per heavy atom. The number of hydrogen-bond donors (Lipinski definition) is 1. The van der Waals surface area contributed by atoms with E-state index < -0.39 is 12.0 Å². The van der Waals surface area contributed by atoms with Crippen molar-refractivity contribution in [2.45, 2.75) is 50.7 Å². The van der Waals surface area contributed by atoms with E-state index in [0.717, 1.165) is 31.2 Å². The van der Waals surface area contributed by atoms with Crippen molar-refractivity contribution in [3.63, 3.8) is 0 Å². The minimum absolute atomic E-state index is 0.306. The summed E-state index contributed by atoms with van der Waals surface area (Å²) >= 11 is 5.90. The zero-order chi connectivity index (χ0) is 17.4. The van der Waals surface area contributed by atoms with E-state index in [1.807, 2.05) is 17.0 Å². The summed E-state index contributed by atoms with van der Waals surface area (Å²) in [7, 11) is 0. The molecule has 1 aliphatic carbocycles. The van der Waals surface area contributed by atoms with Crippen LogP contribution in [-0.4, -0.2) is 38.2 Å². The smallest absolute Gasteiger partial charge is 0.320 e. The van der Waals surface area contributed by atoms with E-state index >= 15 is 0 Å². The zero-order valence-corrected chi connectivity index (χ0v) is 14.5. The second-order valence-electron chi connectivity index (χ2n) is 6.89. The molecule has 0 amide bonds. The highest BCUT2D eigenvalue weighted by atomic mass is 35.5. The summed E-state index contributed by atoms with van der Waals surface area (Å²) in [5.41, 5.74) is 0.825. The fourth-order valence-corrected chi connectivity index (χ4v) is 4.34. The van der Waals surface area contributed by atoms with Crippen LogP contribution in [-0.2, 0) is 11.3 Å². The molecule has 2 aromatic rings. The molecule has 132 valence electrons. The first-order chi connectivity index (χ1) is 12.1. The Morgan fingerprint density at radius 3 is 2.80 bits per heavy atom. The average molecular weight is 362 g/mol. The van der Waals surface area contributed by atoms with Gasteiger partial charge >= 0.3 is 5.97 Å². The van der Waals surface area contributed by atoms with Gasteiger partial charge in [0, 0.05) is 16.6 Å². The van der Waals surface area contributed by atoms with Crippen molar-refractivity contribution < 1.29 is 14.4 Å². The molecule has 0 radical (unpaired) electrons. The Kier molecular flexibility index (Phi) is 4.48. The zero-order valence-electron chi connectivity index (χ0n) is 13.8.